The average molecular weight is 383 g/mol. The molecule has 0 aliphatic heterocycles. The zero-order valence-electron chi connectivity index (χ0n) is 17.1. The molecule has 2 rings (SSSR count). The Morgan fingerprint density at radius 2 is 1.68 bits per heavy atom. The zero-order chi connectivity index (χ0) is 20.7. The summed E-state index contributed by atoms with van der Waals surface area (Å²) in [5, 5.41) is 8.80. The lowest BCUT2D eigenvalue weighted by Crippen LogP contribution is -2.40. The van der Waals surface area contributed by atoms with Crippen LogP contribution < -0.4 is 20.7 Å². The van der Waals surface area contributed by atoms with Gasteiger partial charge in [0.2, 0.25) is 5.91 Å². The summed E-state index contributed by atoms with van der Waals surface area (Å²) in [6.45, 7) is 9.82. The number of anilines is 2. The molecule has 6 nitrogen and oxygen atoms in total. The van der Waals surface area contributed by atoms with Gasteiger partial charge < -0.3 is 20.7 Å². The normalized spacial score (nSPS) is 11.1. The molecule has 2 aromatic rings. The lowest BCUT2D eigenvalue weighted by molar-refractivity contribution is -0.114. The van der Waals surface area contributed by atoms with E-state index in [2.05, 4.69) is 16.0 Å². The van der Waals surface area contributed by atoms with E-state index in [4.69, 9.17) is 4.74 Å². The van der Waals surface area contributed by atoms with Crippen LogP contribution in [-0.2, 0) is 4.79 Å². The van der Waals surface area contributed by atoms with Crippen LogP contribution in [0.1, 0.15) is 45.0 Å². The lowest BCUT2D eigenvalue weighted by Gasteiger charge is -2.20. The van der Waals surface area contributed by atoms with Crippen molar-refractivity contribution in [2.75, 3.05) is 17.2 Å². The second kappa shape index (κ2) is 9.26. The van der Waals surface area contributed by atoms with Crippen molar-refractivity contribution >= 4 is 23.2 Å². The van der Waals surface area contributed by atoms with Crippen LogP contribution in [0.15, 0.2) is 48.5 Å². The SMILES string of the molecule is CC(C)Oc1cccc(NC(=O)CNc2ccc(C(=O)NC(C)(C)C)cc2)c1. The Morgan fingerprint density at radius 1 is 1.00 bits per heavy atom. The van der Waals surface area contributed by atoms with Crippen LogP contribution in [0.2, 0.25) is 0 Å². The molecule has 0 fully saturated rings. The molecule has 0 heterocycles. The van der Waals surface area contributed by atoms with Crippen molar-refractivity contribution in [1.29, 1.82) is 0 Å². The summed E-state index contributed by atoms with van der Waals surface area (Å²) >= 11 is 0. The van der Waals surface area contributed by atoms with Gasteiger partial charge in [0, 0.05) is 28.5 Å². The minimum atomic E-state index is -0.288. The Hall–Kier alpha value is -3.02. The van der Waals surface area contributed by atoms with E-state index < -0.39 is 0 Å². The van der Waals surface area contributed by atoms with Gasteiger partial charge in [-0.3, -0.25) is 9.59 Å². The van der Waals surface area contributed by atoms with Crippen molar-refractivity contribution < 1.29 is 14.3 Å². The predicted molar refractivity (Wildman–Crippen MR) is 113 cm³/mol. The first-order chi connectivity index (χ1) is 13.1. The number of hydrogen-bond donors (Lipinski definition) is 3. The Balaban J connectivity index is 1.87. The van der Waals surface area contributed by atoms with Gasteiger partial charge in [-0.2, -0.15) is 0 Å². The average Bonchev–Trinajstić information content (AvgIpc) is 2.58. The molecular formula is C22H29N3O3. The van der Waals surface area contributed by atoms with Crippen molar-refractivity contribution in [3.8, 4) is 5.75 Å². The molecule has 0 bridgehead atoms. The highest BCUT2D eigenvalue weighted by Gasteiger charge is 2.15. The summed E-state index contributed by atoms with van der Waals surface area (Å²) in [6, 6.07) is 14.3. The van der Waals surface area contributed by atoms with E-state index in [1.165, 1.54) is 0 Å². The first-order valence-corrected chi connectivity index (χ1v) is 9.35. The largest absolute Gasteiger partial charge is 0.491 e. The summed E-state index contributed by atoms with van der Waals surface area (Å²) in [4.78, 5) is 24.3. The number of benzene rings is 2. The van der Waals surface area contributed by atoms with Crippen LogP contribution in [0.4, 0.5) is 11.4 Å². The van der Waals surface area contributed by atoms with E-state index in [-0.39, 0.29) is 30.0 Å². The van der Waals surface area contributed by atoms with Crippen LogP contribution in [-0.4, -0.2) is 30.0 Å². The summed E-state index contributed by atoms with van der Waals surface area (Å²) in [6.07, 6.45) is 0.0704. The molecule has 0 atom stereocenters. The Kier molecular flexibility index (Phi) is 7.04. The summed E-state index contributed by atoms with van der Waals surface area (Å²) in [5.41, 5.74) is 1.73. The molecule has 0 aromatic heterocycles. The third kappa shape index (κ3) is 7.31. The Bertz CT molecular complexity index is 809. The van der Waals surface area contributed by atoms with Crippen molar-refractivity contribution in [3.05, 3.63) is 54.1 Å². The molecule has 150 valence electrons. The maximum absolute atomic E-state index is 12.2. The summed E-state index contributed by atoms with van der Waals surface area (Å²) < 4.78 is 5.63. The second-order valence-corrected chi connectivity index (χ2v) is 7.88. The maximum Gasteiger partial charge on any atom is 0.251 e. The molecular weight excluding hydrogens is 354 g/mol. The first-order valence-electron chi connectivity index (χ1n) is 9.35. The number of amides is 2. The number of ether oxygens (including phenoxy) is 1. The zero-order valence-corrected chi connectivity index (χ0v) is 17.1. The van der Waals surface area contributed by atoms with Crippen molar-refractivity contribution in [3.63, 3.8) is 0 Å². The standard InChI is InChI=1S/C22H29N3O3/c1-15(2)28-19-8-6-7-18(13-19)24-20(26)14-23-17-11-9-16(10-12-17)21(27)25-22(3,4)5/h6-13,15,23H,14H2,1-5H3,(H,24,26)(H,25,27). The van der Waals surface area contributed by atoms with Gasteiger partial charge in [-0.25, -0.2) is 0 Å². The van der Waals surface area contributed by atoms with Gasteiger partial charge in [0.1, 0.15) is 5.75 Å². The predicted octanol–water partition coefficient (Wildman–Crippen LogP) is 4.05. The molecule has 2 aromatic carbocycles. The monoisotopic (exact) mass is 383 g/mol. The van der Waals surface area contributed by atoms with Crippen LogP contribution in [0.5, 0.6) is 5.75 Å². The van der Waals surface area contributed by atoms with Crippen LogP contribution in [0.25, 0.3) is 0 Å². The summed E-state index contributed by atoms with van der Waals surface area (Å²) in [5.74, 6) is 0.418. The number of hydrogen-bond acceptors (Lipinski definition) is 4. The molecule has 0 aliphatic rings. The molecule has 0 radical (unpaired) electrons. The fraction of sp³-hybridized carbons (Fsp3) is 0.364. The van der Waals surface area contributed by atoms with Gasteiger partial charge in [-0.05, 0) is 71.0 Å². The van der Waals surface area contributed by atoms with E-state index in [0.717, 1.165) is 5.69 Å². The van der Waals surface area contributed by atoms with Crippen molar-refractivity contribution in [2.24, 2.45) is 0 Å². The molecule has 2 amide bonds. The molecule has 0 aliphatic carbocycles. The lowest BCUT2D eigenvalue weighted by atomic mass is 10.1. The summed E-state index contributed by atoms with van der Waals surface area (Å²) in [7, 11) is 0. The van der Waals surface area contributed by atoms with Gasteiger partial charge in [0.25, 0.3) is 5.91 Å². The van der Waals surface area contributed by atoms with Crippen molar-refractivity contribution in [1.82, 2.24) is 5.32 Å². The highest BCUT2D eigenvalue weighted by Crippen LogP contribution is 2.18. The quantitative estimate of drug-likeness (QED) is 0.674. The van der Waals surface area contributed by atoms with Gasteiger partial charge in [0.05, 0.1) is 12.6 Å². The molecule has 3 N–H and O–H groups in total. The third-order valence-electron chi connectivity index (χ3n) is 3.58. The number of rotatable bonds is 7. The van der Waals surface area contributed by atoms with E-state index in [1.54, 1.807) is 30.3 Å². The highest BCUT2D eigenvalue weighted by molar-refractivity contribution is 5.95. The molecule has 6 heteroatoms. The number of nitrogens with one attached hydrogen (secondary N) is 3. The fourth-order valence-corrected chi connectivity index (χ4v) is 2.46. The topological polar surface area (TPSA) is 79.5 Å². The van der Waals surface area contributed by atoms with Crippen LogP contribution in [0.3, 0.4) is 0 Å². The van der Waals surface area contributed by atoms with Crippen LogP contribution in [0, 0.1) is 0 Å². The van der Waals surface area contributed by atoms with E-state index >= 15 is 0 Å². The maximum atomic E-state index is 12.2. The number of carbonyl (C=O) groups is 2. The Labute approximate surface area is 166 Å². The van der Waals surface area contributed by atoms with Crippen LogP contribution >= 0.6 is 0 Å². The van der Waals surface area contributed by atoms with E-state index in [9.17, 15) is 9.59 Å². The van der Waals surface area contributed by atoms with Crippen molar-refractivity contribution in [2.45, 2.75) is 46.3 Å². The molecule has 28 heavy (non-hydrogen) atoms. The van der Waals surface area contributed by atoms with Gasteiger partial charge in [0.15, 0.2) is 0 Å². The first kappa shape index (κ1) is 21.3. The highest BCUT2D eigenvalue weighted by atomic mass is 16.5. The van der Waals surface area contributed by atoms with Gasteiger partial charge in [-0.15, -0.1) is 0 Å². The molecule has 0 unspecified atom stereocenters. The van der Waals surface area contributed by atoms with E-state index in [0.29, 0.717) is 17.0 Å². The minimum absolute atomic E-state index is 0.0704. The molecule has 0 saturated heterocycles. The third-order valence-corrected chi connectivity index (χ3v) is 3.58. The fourth-order valence-electron chi connectivity index (χ4n) is 2.46. The second-order valence-electron chi connectivity index (χ2n) is 7.88. The Morgan fingerprint density at radius 3 is 2.29 bits per heavy atom. The smallest absolute Gasteiger partial charge is 0.251 e. The van der Waals surface area contributed by atoms with E-state index in [1.807, 2.05) is 52.8 Å². The molecule has 0 spiro atoms. The van der Waals surface area contributed by atoms with Gasteiger partial charge in [-0.1, -0.05) is 6.07 Å². The van der Waals surface area contributed by atoms with Gasteiger partial charge >= 0.3 is 0 Å². The molecule has 0 saturated carbocycles. The minimum Gasteiger partial charge on any atom is -0.491 e. The number of carbonyl (C=O) groups excluding carboxylic acids is 2.